The highest BCUT2D eigenvalue weighted by molar-refractivity contribution is 7.99. The Morgan fingerprint density at radius 2 is 1.48 bits per heavy atom. The molecule has 0 rings (SSSR count). The van der Waals surface area contributed by atoms with Crippen LogP contribution in [0.15, 0.2) is 0 Å². The lowest BCUT2D eigenvalue weighted by molar-refractivity contribution is -0.121. The van der Waals surface area contributed by atoms with Crippen molar-refractivity contribution in [2.45, 2.75) is 32.3 Å². The third-order valence-electron chi connectivity index (χ3n) is 2.19. The van der Waals surface area contributed by atoms with Crippen molar-refractivity contribution in [1.29, 1.82) is 0 Å². The number of aliphatic hydroxyl groups is 2. The third kappa shape index (κ3) is 34.4. The highest BCUT2D eigenvalue weighted by Gasteiger charge is 1.97. The quantitative estimate of drug-likeness (QED) is 0.521. The molecule has 0 saturated heterocycles. The predicted octanol–water partition coefficient (Wildman–Crippen LogP) is 1.93. The van der Waals surface area contributed by atoms with Crippen LogP contribution in [0.2, 0.25) is 0 Å². The zero-order chi connectivity index (χ0) is 18.5. The van der Waals surface area contributed by atoms with E-state index in [1.807, 2.05) is 18.8 Å². The highest BCUT2D eigenvalue weighted by Crippen LogP contribution is 1.97. The molecule has 0 aromatic heterocycles. The lowest BCUT2D eigenvalue weighted by Crippen LogP contribution is -2.07. The van der Waals surface area contributed by atoms with Crippen molar-refractivity contribution in [3.8, 4) is 0 Å². The first-order valence-corrected chi connectivity index (χ1v) is 11.3. The summed E-state index contributed by atoms with van der Waals surface area (Å²) in [7, 11) is 0. The second-order valence-corrected chi connectivity index (χ2v) is 7.33. The van der Waals surface area contributed by atoms with Crippen LogP contribution in [0, 0.1) is 0 Å². The van der Waals surface area contributed by atoms with Crippen LogP contribution >= 0.6 is 35.3 Å². The number of Topliss-reactive ketones (excluding diaryl/α,β-unsaturated/α-hetero) is 2. The molecule has 0 amide bonds. The predicted molar refractivity (Wildman–Crippen MR) is 104 cm³/mol. The zero-order valence-corrected chi connectivity index (χ0v) is 16.9. The minimum absolute atomic E-state index is 0.0700. The molecule has 8 heteroatoms. The molecule has 0 radical (unpaired) electrons. The van der Waals surface area contributed by atoms with E-state index in [4.69, 9.17) is 10.2 Å². The summed E-state index contributed by atoms with van der Waals surface area (Å²) in [5, 5.41) is 16.8. The molecule has 0 aromatic rings. The van der Waals surface area contributed by atoms with Crippen LogP contribution < -0.4 is 0 Å². The smallest absolute Gasteiger partial charge is 0.159 e. The van der Waals surface area contributed by atoms with Gasteiger partial charge in [-0.2, -0.15) is 35.3 Å². The Labute approximate surface area is 152 Å². The number of carbonyl (C=O) groups is 3. The van der Waals surface area contributed by atoms with Gasteiger partial charge in [-0.05, 0) is 49.4 Å². The first-order valence-electron chi connectivity index (χ1n) is 7.11. The molecule has 0 fully saturated rings. The molecule has 0 aliphatic rings. The second-order valence-electron chi connectivity index (χ2n) is 4.37. The van der Waals surface area contributed by atoms with E-state index in [0.717, 1.165) is 23.7 Å². The number of aldehydes is 1. The highest BCUT2D eigenvalue weighted by atomic mass is 32.2. The molecule has 0 aromatic carbocycles. The molecule has 2 N–H and O–H groups in total. The molecular formula is C15H30O5S3. The minimum atomic E-state index is -0.748. The summed E-state index contributed by atoms with van der Waals surface area (Å²) in [5.41, 5.74) is 0. The van der Waals surface area contributed by atoms with Crippen molar-refractivity contribution in [3.05, 3.63) is 0 Å². The fourth-order valence-electron chi connectivity index (χ4n) is 0.847. The van der Waals surface area contributed by atoms with Crippen LogP contribution in [0.1, 0.15) is 26.2 Å². The van der Waals surface area contributed by atoms with Gasteiger partial charge in [-0.15, -0.1) is 0 Å². The lowest BCUT2D eigenvalue weighted by atomic mass is 10.3. The van der Waals surface area contributed by atoms with Crippen LogP contribution in [-0.4, -0.2) is 76.8 Å². The van der Waals surface area contributed by atoms with Crippen LogP contribution in [0.3, 0.4) is 0 Å². The maximum absolute atomic E-state index is 10.3. The Bertz CT molecular complexity index is 288. The van der Waals surface area contributed by atoms with Crippen molar-refractivity contribution < 1.29 is 24.6 Å². The SMILES string of the molecule is CSCCC(=O)CO.CSCCC(C)=O.CSCCC(O)C=O. The molecule has 0 aliphatic heterocycles. The van der Waals surface area contributed by atoms with Crippen LogP contribution in [-0.2, 0) is 14.4 Å². The summed E-state index contributed by atoms with van der Waals surface area (Å²) in [4.78, 5) is 30.2. The molecule has 0 heterocycles. The fourth-order valence-corrected chi connectivity index (χ4v) is 2.25. The Kier molecular flexibility index (Phi) is 29.3. The van der Waals surface area contributed by atoms with E-state index < -0.39 is 6.10 Å². The average molecular weight is 387 g/mol. The number of rotatable bonds is 11. The normalized spacial score (nSPS) is 10.5. The molecule has 0 spiro atoms. The van der Waals surface area contributed by atoms with Gasteiger partial charge < -0.3 is 15.0 Å². The zero-order valence-electron chi connectivity index (χ0n) is 14.4. The number of ketones is 2. The standard InChI is InChI=1S/2C5H10O2S.C5H10OS/c2*1-8-3-2-5(7)4-6;1-5(6)3-4-7-2/h6H,2-4H2,1H3;4-5,7H,2-3H2,1H3;3-4H2,1-2H3. The van der Waals surface area contributed by atoms with Gasteiger partial charge in [0.05, 0.1) is 0 Å². The van der Waals surface area contributed by atoms with Gasteiger partial charge in [0.15, 0.2) is 5.78 Å². The second kappa shape index (κ2) is 24.2. The Balaban J connectivity index is -0.000000262. The van der Waals surface area contributed by atoms with E-state index in [1.165, 1.54) is 0 Å². The number of thioether (sulfide) groups is 3. The van der Waals surface area contributed by atoms with Gasteiger partial charge in [0.2, 0.25) is 0 Å². The molecule has 0 aliphatic carbocycles. The molecule has 0 bridgehead atoms. The average Bonchev–Trinajstić information content (AvgIpc) is 2.56. The molecule has 138 valence electrons. The molecule has 23 heavy (non-hydrogen) atoms. The summed E-state index contributed by atoms with van der Waals surface area (Å²) < 4.78 is 0. The summed E-state index contributed by atoms with van der Waals surface area (Å²) in [5.74, 6) is 2.85. The van der Waals surface area contributed by atoms with E-state index in [-0.39, 0.29) is 18.2 Å². The van der Waals surface area contributed by atoms with Gasteiger partial charge in [0.25, 0.3) is 0 Å². The number of aliphatic hydroxyl groups excluding tert-OH is 2. The first-order chi connectivity index (χ1) is 10.9. The summed E-state index contributed by atoms with van der Waals surface area (Å²) >= 11 is 4.95. The van der Waals surface area contributed by atoms with E-state index in [1.54, 1.807) is 42.2 Å². The Morgan fingerprint density at radius 1 is 1.00 bits per heavy atom. The van der Waals surface area contributed by atoms with Gasteiger partial charge in [0.1, 0.15) is 24.8 Å². The van der Waals surface area contributed by atoms with Crippen molar-refractivity contribution >= 4 is 53.1 Å². The molecule has 1 unspecified atom stereocenters. The largest absolute Gasteiger partial charge is 0.389 e. The Hall–Kier alpha value is -0.0200. The minimum Gasteiger partial charge on any atom is -0.389 e. The number of hydrogen-bond acceptors (Lipinski definition) is 8. The molecule has 1 atom stereocenters. The maximum Gasteiger partial charge on any atom is 0.159 e. The molecule has 0 saturated carbocycles. The van der Waals surface area contributed by atoms with Crippen LogP contribution in [0.4, 0.5) is 0 Å². The van der Waals surface area contributed by atoms with E-state index >= 15 is 0 Å². The summed E-state index contributed by atoms with van der Waals surface area (Å²) in [6, 6.07) is 0. The van der Waals surface area contributed by atoms with Gasteiger partial charge >= 0.3 is 0 Å². The topological polar surface area (TPSA) is 91.7 Å². The summed E-state index contributed by atoms with van der Waals surface area (Å²) in [6.45, 7) is 1.32. The van der Waals surface area contributed by atoms with Gasteiger partial charge in [-0.3, -0.25) is 9.59 Å². The van der Waals surface area contributed by atoms with Crippen molar-refractivity contribution in [3.63, 3.8) is 0 Å². The summed E-state index contributed by atoms with van der Waals surface area (Å²) in [6.07, 6.45) is 7.49. The third-order valence-corrected chi connectivity index (χ3v) is 4.06. The lowest BCUT2D eigenvalue weighted by Gasteiger charge is -1.97. The molecule has 5 nitrogen and oxygen atoms in total. The van der Waals surface area contributed by atoms with Crippen LogP contribution in [0.25, 0.3) is 0 Å². The number of carbonyl (C=O) groups excluding carboxylic acids is 3. The van der Waals surface area contributed by atoms with Crippen molar-refractivity contribution in [2.75, 3.05) is 42.6 Å². The fraction of sp³-hybridized carbons (Fsp3) is 0.800. The van der Waals surface area contributed by atoms with Gasteiger partial charge in [-0.25, -0.2) is 0 Å². The van der Waals surface area contributed by atoms with E-state index in [0.29, 0.717) is 19.1 Å². The monoisotopic (exact) mass is 386 g/mol. The molecular weight excluding hydrogens is 356 g/mol. The number of hydrogen-bond donors (Lipinski definition) is 2. The van der Waals surface area contributed by atoms with Crippen molar-refractivity contribution in [2.24, 2.45) is 0 Å². The van der Waals surface area contributed by atoms with E-state index in [9.17, 15) is 14.4 Å². The van der Waals surface area contributed by atoms with Crippen LogP contribution in [0.5, 0.6) is 0 Å². The first kappa shape index (κ1) is 27.8. The van der Waals surface area contributed by atoms with Gasteiger partial charge in [-0.1, -0.05) is 0 Å². The maximum atomic E-state index is 10.3. The van der Waals surface area contributed by atoms with Crippen molar-refractivity contribution in [1.82, 2.24) is 0 Å². The Morgan fingerprint density at radius 3 is 1.78 bits per heavy atom. The van der Waals surface area contributed by atoms with Gasteiger partial charge in [0, 0.05) is 12.8 Å². The van der Waals surface area contributed by atoms with E-state index in [2.05, 4.69) is 0 Å².